The molecule has 5 aromatic rings. The number of benzene rings is 4. The highest BCUT2D eigenvalue weighted by Gasteiger charge is 2.23. The number of nitriles is 1. The first kappa shape index (κ1) is 29.5. The van der Waals surface area contributed by atoms with Crippen LogP contribution in [0.25, 0.3) is 22.5 Å². The van der Waals surface area contributed by atoms with Gasteiger partial charge in [-0.25, -0.2) is 4.99 Å². The average molecular weight is 660 g/mol. The quantitative estimate of drug-likeness (QED) is 0.155. The van der Waals surface area contributed by atoms with Gasteiger partial charge in [-0.05, 0) is 65.2 Å². The van der Waals surface area contributed by atoms with Crippen LogP contribution in [-0.2, 0) is 6.61 Å². The van der Waals surface area contributed by atoms with Crippen LogP contribution in [0.5, 0.6) is 11.5 Å². The number of nitrogens with zero attached hydrogens (tertiary/aromatic N) is 2. The molecule has 0 amide bonds. The number of methoxy groups -OCH3 is 1. The molecule has 0 fully saturated rings. The minimum absolute atomic E-state index is 0.219. The molecule has 8 heteroatoms. The molecule has 4 aromatic carbocycles. The van der Waals surface area contributed by atoms with Gasteiger partial charge in [-0.3, -0.25) is 0 Å². The summed E-state index contributed by atoms with van der Waals surface area (Å²) in [5.41, 5.74) is 6.56. The molecule has 0 bridgehead atoms. The smallest absolute Gasteiger partial charge is 0.238 e. The molecule has 0 spiro atoms. The van der Waals surface area contributed by atoms with Crippen molar-refractivity contribution in [3.05, 3.63) is 121 Å². The summed E-state index contributed by atoms with van der Waals surface area (Å²) in [6.45, 7) is 4.27. The highest BCUT2D eigenvalue weighted by Crippen LogP contribution is 2.43. The van der Waals surface area contributed by atoms with Crippen LogP contribution in [0.4, 0.5) is 5.88 Å². The Labute approximate surface area is 263 Å². The van der Waals surface area contributed by atoms with Crippen LogP contribution in [0.3, 0.4) is 0 Å². The van der Waals surface area contributed by atoms with E-state index in [0.29, 0.717) is 48.5 Å². The van der Waals surface area contributed by atoms with Gasteiger partial charge in [0.15, 0.2) is 11.5 Å². The topological polar surface area (TPSA) is 67.8 Å². The maximum Gasteiger partial charge on any atom is 0.238 e. The molecule has 0 saturated carbocycles. The van der Waals surface area contributed by atoms with E-state index in [9.17, 15) is 5.26 Å². The van der Waals surface area contributed by atoms with E-state index < -0.39 is 0 Å². The molecule has 0 atom stereocenters. The predicted octanol–water partition coefficient (Wildman–Crippen LogP) is 10.5. The standard InChI is InChI=1S/C34H25BrCl2N2O3/c1-20-4-8-23(9-5-20)31-27(17-38)34(42-32(31)24-10-6-21(2)7-11-24)39-18-22-14-28(35)33(30(15-22)40-3)41-19-25-12-13-26(36)16-29(25)37/h4-16,18H,19H2,1-3H3. The van der Waals surface area contributed by atoms with Gasteiger partial charge >= 0.3 is 0 Å². The third-order valence-corrected chi connectivity index (χ3v) is 7.80. The fraction of sp³-hybridized carbons (Fsp3) is 0.118. The Kier molecular flexibility index (Phi) is 9.03. The van der Waals surface area contributed by atoms with Crippen molar-refractivity contribution in [1.82, 2.24) is 0 Å². The number of furan rings is 1. The van der Waals surface area contributed by atoms with Crippen molar-refractivity contribution in [3.63, 3.8) is 0 Å². The zero-order valence-corrected chi connectivity index (χ0v) is 26.1. The number of hydrogen-bond acceptors (Lipinski definition) is 5. The second kappa shape index (κ2) is 12.9. The maximum atomic E-state index is 10.2. The minimum atomic E-state index is 0.219. The number of halogens is 3. The van der Waals surface area contributed by atoms with Crippen LogP contribution in [0.2, 0.25) is 10.0 Å². The summed E-state index contributed by atoms with van der Waals surface area (Å²) in [4.78, 5) is 4.61. The van der Waals surface area contributed by atoms with Crippen molar-refractivity contribution < 1.29 is 13.9 Å². The molecular weight excluding hydrogens is 635 g/mol. The Hall–Kier alpha value is -4.02. The Morgan fingerprint density at radius 3 is 2.21 bits per heavy atom. The maximum absolute atomic E-state index is 10.2. The van der Waals surface area contributed by atoms with Crippen LogP contribution in [0.15, 0.2) is 92.7 Å². The highest BCUT2D eigenvalue weighted by molar-refractivity contribution is 9.10. The molecule has 1 heterocycles. The van der Waals surface area contributed by atoms with Crippen LogP contribution in [-0.4, -0.2) is 13.3 Å². The Morgan fingerprint density at radius 2 is 1.60 bits per heavy atom. The highest BCUT2D eigenvalue weighted by atomic mass is 79.9. The van der Waals surface area contributed by atoms with E-state index in [1.807, 2.05) is 74.5 Å². The summed E-state index contributed by atoms with van der Waals surface area (Å²) in [6, 6.07) is 27.2. The number of aliphatic imine (C=N–C) groups is 1. The number of rotatable bonds is 8. The first-order valence-corrected chi connectivity index (χ1v) is 14.5. The van der Waals surface area contributed by atoms with E-state index in [1.54, 1.807) is 31.5 Å². The predicted molar refractivity (Wildman–Crippen MR) is 173 cm³/mol. The van der Waals surface area contributed by atoms with E-state index in [0.717, 1.165) is 27.8 Å². The van der Waals surface area contributed by atoms with Crippen LogP contribution < -0.4 is 9.47 Å². The Balaban J connectivity index is 1.50. The van der Waals surface area contributed by atoms with Crippen molar-refractivity contribution in [2.45, 2.75) is 20.5 Å². The third-order valence-electron chi connectivity index (χ3n) is 6.63. The van der Waals surface area contributed by atoms with E-state index in [-0.39, 0.29) is 12.5 Å². The van der Waals surface area contributed by atoms with Gasteiger partial charge in [0, 0.05) is 33.0 Å². The molecule has 210 valence electrons. The monoisotopic (exact) mass is 658 g/mol. The molecule has 0 aliphatic rings. The van der Waals surface area contributed by atoms with Crippen LogP contribution in [0, 0.1) is 25.2 Å². The van der Waals surface area contributed by atoms with Gasteiger partial charge in [0.25, 0.3) is 0 Å². The molecule has 0 radical (unpaired) electrons. The summed E-state index contributed by atoms with van der Waals surface area (Å²) in [5.74, 6) is 1.82. The molecule has 5 rings (SSSR count). The summed E-state index contributed by atoms with van der Waals surface area (Å²) < 4.78 is 18.6. The molecule has 0 saturated heterocycles. The molecule has 1 aromatic heterocycles. The van der Waals surface area contributed by atoms with Gasteiger partial charge in [0.05, 0.1) is 11.6 Å². The lowest BCUT2D eigenvalue weighted by Gasteiger charge is -2.14. The fourth-order valence-corrected chi connectivity index (χ4v) is 5.43. The van der Waals surface area contributed by atoms with E-state index in [1.165, 1.54) is 0 Å². The molecule has 0 N–H and O–H groups in total. The molecule has 0 unspecified atom stereocenters. The van der Waals surface area contributed by atoms with Crippen LogP contribution >= 0.6 is 39.1 Å². The minimum Gasteiger partial charge on any atom is -0.493 e. The van der Waals surface area contributed by atoms with Crippen molar-refractivity contribution in [2.75, 3.05) is 7.11 Å². The molecule has 5 nitrogen and oxygen atoms in total. The third kappa shape index (κ3) is 6.39. The van der Waals surface area contributed by atoms with Gasteiger partial charge in [-0.1, -0.05) is 88.9 Å². The zero-order valence-electron chi connectivity index (χ0n) is 23.0. The number of aryl methyl sites for hydroxylation is 2. The van der Waals surface area contributed by atoms with Crippen molar-refractivity contribution in [3.8, 4) is 40.0 Å². The van der Waals surface area contributed by atoms with Gasteiger partial charge in [0.2, 0.25) is 5.88 Å². The van der Waals surface area contributed by atoms with E-state index >= 15 is 0 Å². The van der Waals surface area contributed by atoms with Crippen molar-refractivity contribution in [1.29, 1.82) is 5.26 Å². The largest absolute Gasteiger partial charge is 0.493 e. The Morgan fingerprint density at radius 1 is 0.929 bits per heavy atom. The van der Waals surface area contributed by atoms with Gasteiger partial charge in [0.1, 0.15) is 24.0 Å². The van der Waals surface area contributed by atoms with Gasteiger partial charge in [-0.2, -0.15) is 5.26 Å². The lowest BCUT2D eigenvalue weighted by atomic mass is 9.97. The number of hydrogen-bond donors (Lipinski definition) is 0. The van der Waals surface area contributed by atoms with E-state index in [2.05, 4.69) is 27.0 Å². The Bertz CT molecular complexity index is 1820. The lowest BCUT2D eigenvalue weighted by molar-refractivity contribution is 0.282. The summed E-state index contributed by atoms with van der Waals surface area (Å²) in [6.07, 6.45) is 1.63. The van der Waals surface area contributed by atoms with Crippen LogP contribution in [0.1, 0.15) is 27.8 Å². The summed E-state index contributed by atoms with van der Waals surface area (Å²) >= 11 is 15.9. The normalized spacial score (nSPS) is 11.1. The fourth-order valence-electron chi connectivity index (χ4n) is 4.39. The molecule has 0 aliphatic heterocycles. The number of ether oxygens (including phenoxy) is 2. The van der Waals surface area contributed by atoms with E-state index in [4.69, 9.17) is 37.1 Å². The van der Waals surface area contributed by atoms with Crippen molar-refractivity contribution >= 4 is 51.2 Å². The molecular formula is C34H25BrCl2N2O3. The first-order valence-electron chi connectivity index (χ1n) is 13.0. The summed E-state index contributed by atoms with van der Waals surface area (Å²) in [7, 11) is 1.56. The zero-order chi connectivity index (χ0) is 29.8. The van der Waals surface area contributed by atoms with Gasteiger partial charge in [-0.15, -0.1) is 0 Å². The second-order valence-corrected chi connectivity index (χ2v) is 11.3. The summed E-state index contributed by atoms with van der Waals surface area (Å²) in [5, 5.41) is 11.3. The SMILES string of the molecule is COc1cc(C=Nc2oc(-c3ccc(C)cc3)c(-c3ccc(C)cc3)c2C#N)cc(Br)c1OCc1ccc(Cl)cc1Cl. The molecule has 42 heavy (non-hydrogen) atoms. The average Bonchev–Trinajstić information content (AvgIpc) is 3.35. The first-order chi connectivity index (χ1) is 20.3. The van der Waals surface area contributed by atoms with Gasteiger partial charge < -0.3 is 13.9 Å². The van der Waals surface area contributed by atoms with Crippen molar-refractivity contribution in [2.24, 2.45) is 4.99 Å². The lowest BCUT2D eigenvalue weighted by Crippen LogP contribution is -2.00. The second-order valence-electron chi connectivity index (χ2n) is 9.65. The molecule has 0 aliphatic carbocycles.